The fourth-order valence-electron chi connectivity index (χ4n) is 1.70. The van der Waals surface area contributed by atoms with Crippen LogP contribution in [0.2, 0.25) is 0 Å². The molecule has 0 fully saturated rings. The zero-order chi connectivity index (χ0) is 18.4. The van der Waals surface area contributed by atoms with Gasteiger partial charge in [-0.1, -0.05) is 12.1 Å². The van der Waals surface area contributed by atoms with Crippen LogP contribution in [-0.2, 0) is 11.0 Å². The number of nitrogens with one attached hydrogen (secondary N) is 2. The monoisotopic (exact) mass is 411 g/mol. The first-order chi connectivity index (χ1) is 11.8. The Balaban J connectivity index is 2.17. The molecule has 0 bridgehead atoms. The second-order valence-electron chi connectivity index (χ2n) is 4.54. The lowest BCUT2D eigenvalue weighted by atomic mass is 10.1. The quantitative estimate of drug-likeness (QED) is 0.590. The highest BCUT2D eigenvalue weighted by molar-refractivity contribution is 9.10. The average molecular weight is 412 g/mol. The van der Waals surface area contributed by atoms with Gasteiger partial charge in [0.25, 0.3) is 5.91 Å². The first-order valence-electron chi connectivity index (χ1n) is 6.63. The number of nitriles is 1. The van der Waals surface area contributed by atoms with E-state index >= 15 is 0 Å². The molecule has 2 rings (SSSR count). The number of aromatic nitrogens is 2. The van der Waals surface area contributed by atoms with Crippen molar-refractivity contribution in [2.75, 3.05) is 10.6 Å². The summed E-state index contributed by atoms with van der Waals surface area (Å²) in [6, 6.07) is 6.08. The lowest BCUT2D eigenvalue weighted by molar-refractivity contribution is -0.137. The molecule has 2 N–H and O–H groups in total. The summed E-state index contributed by atoms with van der Waals surface area (Å²) in [5.41, 5.74) is -1.89. The van der Waals surface area contributed by atoms with Gasteiger partial charge in [0, 0.05) is 18.6 Å². The van der Waals surface area contributed by atoms with Crippen molar-refractivity contribution in [2.45, 2.75) is 6.18 Å². The second kappa shape index (κ2) is 7.76. The Kier molecular flexibility index (Phi) is 5.71. The molecule has 0 saturated carbocycles. The van der Waals surface area contributed by atoms with Gasteiger partial charge < -0.3 is 10.6 Å². The largest absolute Gasteiger partial charge is 0.418 e. The second-order valence-corrected chi connectivity index (χ2v) is 5.45. The van der Waals surface area contributed by atoms with Gasteiger partial charge in [-0.05, 0) is 28.1 Å². The van der Waals surface area contributed by atoms with Crippen LogP contribution < -0.4 is 10.6 Å². The molecular formula is C15H9BrF3N5O. The molecule has 128 valence electrons. The van der Waals surface area contributed by atoms with Crippen LogP contribution in [0.25, 0.3) is 0 Å². The van der Waals surface area contributed by atoms with Gasteiger partial charge in [-0.3, -0.25) is 4.79 Å². The van der Waals surface area contributed by atoms with Crippen molar-refractivity contribution in [1.82, 2.24) is 9.97 Å². The molecule has 0 spiro atoms. The molecule has 1 amide bonds. The van der Waals surface area contributed by atoms with Gasteiger partial charge in [-0.2, -0.15) is 18.4 Å². The summed E-state index contributed by atoms with van der Waals surface area (Å²) in [6.45, 7) is 0. The third kappa shape index (κ3) is 5.02. The maximum absolute atomic E-state index is 12.9. The molecule has 0 radical (unpaired) electrons. The predicted octanol–water partition coefficient (Wildman–Crippen LogP) is 3.72. The smallest absolute Gasteiger partial charge is 0.329 e. The van der Waals surface area contributed by atoms with Gasteiger partial charge in [-0.15, -0.1) is 0 Å². The predicted molar refractivity (Wildman–Crippen MR) is 87.1 cm³/mol. The van der Waals surface area contributed by atoms with E-state index in [1.165, 1.54) is 24.5 Å². The Morgan fingerprint density at radius 3 is 2.48 bits per heavy atom. The van der Waals surface area contributed by atoms with E-state index in [1.807, 2.05) is 0 Å². The zero-order valence-electron chi connectivity index (χ0n) is 12.3. The first-order valence-corrected chi connectivity index (χ1v) is 7.42. The molecule has 0 aliphatic heterocycles. The summed E-state index contributed by atoms with van der Waals surface area (Å²) >= 11 is 3.15. The van der Waals surface area contributed by atoms with Gasteiger partial charge in [0.2, 0.25) is 5.95 Å². The number of hydrogen-bond acceptors (Lipinski definition) is 5. The van der Waals surface area contributed by atoms with E-state index in [-0.39, 0.29) is 5.95 Å². The Morgan fingerprint density at radius 1 is 1.24 bits per heavy atom. The van der Waals surface area contributed by atoms with E-state index in [2.05, 4.69) is 36.5 Å². The van der Waals surface area contributed by atoms with E-state index in [9.17, 15) is 18.0 Å². The molecule has 0 atom stereocenters. The molecule has 1 aromatic heterocycles. The van der Waals surface area contributed by atoms with E-state index < -0.39 is 28.9 Å². The van der Waals surface area contributed by atoms with Crippen molar-refractivity contribution in [2.24, 2.45) is 0 Å². The highest BCUT2D eigenvalue weighted by Gasteiger charge is 2.33. The molecule has 0 unspecified atom stereocenters. The molecule has 1 heterocycles. The van der Waals surface area contributed by atoms with Gasteiger partial charge in [-0.25, -0.2) is 9.97 Å². The van der Waals surface area contributed by atoms with Gasteiger partial charge in [0.05, 0.1) is 15.7 Å². The third-order valence-corrected chi connectivity index (χ3v) is 3.22. The Hall–Kier alpha value is -2.93. The first kappa shape index (κ1) is 18.4. The fraction of sp³-hybridized carbons (Fsp3) is 0.0667. The number of anilines is 2. The van der Waals surface area contributed by atoms with Crippen LogP contribution >= 0.6 is 15.9 Å². The Morgan fingerprint density at radius 2 is 1.88 bits per heavy atom. The van der Waals surface area contributed by atoms with E-state index in [4.69, 9.17) is 5.26 Å². The van der Waals surface area contributed by atoms with Gasteiger partial charge >= 0.3 is 6.18 Å². The number of benzene rings is 1. The summed E-state index contributed by atoms with van der Waals surface area (Å²) in [5.74, 6) is -0.886. The lowest BCUT2D eigenvalue weighted by Crippen LogP contribution is -2.18. The van der Waals surface area contributed by atoms with Crippen molar-refractivity contribution in [3.8, 4) is 6.07 Å². The van der Waals surface area contributed by atoms with E-state index in [0.717, 1.165) is 18.3 Å². The maximum atomic E-state index is 12.9. The minimum absolute atomic E-state index is 0.111. The maximum Gasteiger partial charge on any atom is 0.418 e. The number of halogens is 4. The normalized spacial score (nSPS) is 11.6. The number of carbonyl (C=O) groups is 1. The molecule has 0 aliphatic rings. The standard InChI is InChI=1S/C15H9BrF3N5O/c16-10-7-22-14(23-8-10)21-6-9(5-20)13(25)24-12-4-2-1-3-11(12)15(17,18)19/h1-4,6-8H,(H,24,25)(H,21,22,23)/b9-6-. The number of para-hydroxylation sites is 1. The van der Waals surface area contributed by atoms with Crippen LogP contribution in [0.3, 0.4) is 0 Å². The van der Waals surface area contributed by atoms with Crippen LogP contribution in [0, 0.1) is 11.3 Å². The SMILES string of the molecule is N#C/C(=C/Nc1ncc(Br)cn1)C(=O)Nc1ccccc1C(F)(F)F. The molecule has 2 aromatic rings. The van der Waals surface area contributed by atoms with Crippen molar-refractivity contribution in [3.63, 3.8) is 0 Å². The zero-order valence-corrected chi connectivity index (χ0v) is 13.9. The van der Waals surface area contributed by atoms with E-state index in [0.29, 0.717) is 4.47 Å². The van der Waals surface area contributed by atoms with E-state index in [1.54, 1.807) is 6.07 Å². The minimum atomic E-state index is -4.64. The minimum Gasteiger partial charge on any atom is -0.329 e. The van der Waals surface area contributed by atoms with Crippen molar-refractivity contribution >= 4 is 33.5 Å². The number of nitrogens with zero attached hydrogens (tertiary/aromatic N) is 3. The molecule has 0 aliphatic carbocycles. The summed E-state index contributed by atoms with van der Waals surface area (Å²) in [6.07, 6.45) is -0.748. The molecule has 1 aromatic carbocycles. The molecule has 6 nitrogen and oxygen atoms in total. The van der Waals surface area contributed by atoms with Crippen LogP contribution in [0.1, 0.15) is 5.56 Å². The third-order valence-electron chi connectivity index (χ3n) is 2.81. The fourth-order valence-corrected chi connectivity index (χ4v) is 1.91. The summed E-state index contributed by atoms with van der Waals surface area (Å²) in [4.78, 5) is 19.8. The highest BCUT2D eigenvalue weighted by Crippen LogP contribution is 2.34. The number of alkyl halides is 3. The number of carbonyl (C=O) groups excluding carboxylic acids is 1. The van der Waals surface area contributed by atoms with Crippen LogP contribution in [0.4, 0.5) is 24.8 Å². The number of amides is 1. The summed E-state index contributed by atoms with van der Waals surface area (Å²) in [5, 5.41) is 13.6. The highest BCUT2D eigenvalue weighted by atomic mass is 79.9. The Bertz CT molecular complexity index is 843. The summed E-state index contributed by atoms with van der Waals surface area (Å²) in [7, 11) is 0. The van der Waals surface area contributed by atoms with Gasteiger partial charge in [0.1, 0.15) is 11.6 Å². The molecule has 25 heavy (non-hydrogen) atoms. The van der Waals surface area contributed by atoms with Gasteiger partial charge in [0.15, 0.2) is 0 Å². The topological polar surface area (TPSA) is 90.7 Å². The number of hydrogen-bond donors (Lipinski definition) is 2. The molecule has 10 heteroatoms. The van der Waals surface area contributed by atoms with Crippen LogP contribution in [0.5, 0.6) is 0 Å². The molecule has 0 saturated heterocycles. The van der Waals surface area contributed by atoms with Crippen molar-refractivity contribution in [3.05, 3.63) is 58.5 Å². The lowest BCUT2D eigenvalue weighted by Gasteiger charge is -2.13. The Labute approximate surface area is 148 Å². The number of rotatable bonds is 4. The van der Waals surface area contributed by atoms with Crippen molar-refractivity contribution in [1.29, 1.82) is 5.26 Å². The van der Waals surface area contributed by atoms with Crippen molar-refractivity contribution < 1.29 is 18.0 Å². The summed E-state index contributed by atoms with van der Waals surface area (Å²) < 4.78 is 39.4. The molecular weight excluding hydrogens is 403 g/mol. The average Bonchev–Trinajstić information content (AvgIpc) is 2.56. The van der Waals surface area contributed by atoms with Crippen LogP contribution in [-0.4, -0.2) is 15.9 Å². The van der Waals surface area contributed by atoms with Crippen LogP contribution in [0.15, 0.2) is 52.9 Å².